The number of anilines is 2. The van der Waals surface area contributed by atoms with Crippen LogP contribution in [0.5, 0.6) is 0 Å². The largest absolute Gasteiger partial charge is 0.371 e. The van der Waals surface area contributed by atoms with E-state index in [9.17, 15) is 29.2 Å². The number of hydrogen-bond donors (Lipinski definition) is 1. The van der Waals surface area contributed by atoms with Gasteiger partial charge in [-0.25, -0.2) is 4.39 Å². The molecule has 1 N–H and O–H groups in total. The molecular formula is C44H45ClFN7O5. The summed E-state index contributed by atoms with van der Waals surface area (Å²) in [4.78, 5) is 73.7. The predicted octanol–water partition coefficient (Wildman–Crippen LogP) is 5.46. The zero-order valence-electron chi connectivity index (χ0n) is 32.4. The van der Waals surface area contributed by atoms with Crippen LogP contribution in [0.3, 0.4) is 0 Å². The normalized spacial score (nSPS) is 24.0. The number of imide groups is 2. The molecule has 58 heavy (non-hydrogen) atoms. The molecule has 12 nitrogen and oxygen atoms in total. The molecule has 6 heterocycles. The maximum atomic E-state index is 16.3. The first-order chi connectivity index (χ1) is 27.8. The summed E-state index contributed by atoms with van der Waals surface area (Å²) in [6.45, 7) is 6.71. The summed E-state index contributed by atoms with van der Waals surface area (Å²) in [5, 5.41) is 12.0. The van der Waals surface area contributed by atoms with Gasteiger partial charge in [0, 0.05) is 94.6 Å². The van der Waals surface area contributed by atoms with E-state index in [1.54, 1.807) is 23.1 Å². The molecule has 0 aliphatic carbocycles. The number of fused-ring (bicyclic) bond motifs is 2. The minimum atomic E-state index is -1.49. The van der Waals surface area contributed by atoms with Crippen LogP contribution in [-0.4, -0.2) is 101 Å². The van der Waals surface area contributed by atoms with Crippen LogP contribution in [0, 0.1) is 16.7 Å². The van der Waals surface area contributed by atoms with Crippen molar-refractivity contribution >= 4 is 52.5 Å². The molecule has 1 unspecified atom stereocenters. The van der Waals surface area contributed by atoms with Gasteiger partial charge in [0.15, 0.2) is 0 Å². The fourth-order valence-corrected chi connectivity index (χ4v) is 10.5. The number of likely N-dealkylation sites (tertiary alicyclic amines) is 1. The maximum absolute atomic E-state index is 16.3. The second-order valence-corrected chi connectivity index (χ2v) is 17.6. The number of carbonyl (C=O) groups excluding carboxylic acids is 5. The molecule has 6 aliphatic rings. The monoisotopic (exact) mass is 805 g/mol. The molecule has 0 radical (unpaired) electrons. The Morgan fingerprint density at radius 3 is 2.14 bits per heavy atom. The molecule has 300 valence electrons. The summed E-state index contributed by atoms with van der Waals surface area (Å²) in [6, 6.07) is 18.4. The molecule has 4 saturated heterocycles. The summed E-state index contributed by atoms with van der Waals surface area (Å²) in [5.41, 5.74) is 4.11. The summed E-state index contributed by atoms with van der Waals surface area (Å²) < 4.78 is 16.3. The Kier molecular flexibility index (Phi) is 9.55. The highest BCUT2D eigenvalue weighted by atomic mass is 35.5. The second-order valence-electron chi connectivity index (χ2n) is 17.2. The van der Waals surface area contributed by atoms with Crippen molar-refractivity contribution in [2.45, 2.75) is 82.7 Å². The van der Waals surface area contributed by atoms with Gasteiger partial charge in [-0.1, -0.05) is 11.6 Å². The Hall–Kier alpha value is -5.32. The number of alkyl halides is 1. The number of nitriles is 1. The molecule has 6 aliphatic heterocycles. The molecule has 9 rings (SSSR count). The van der Waals surface area contributed by atoms with Gasteiger partial charge in [0.1, 0.15) is 17.8 Å². The highest BCUT2D eigenvalue weighted by Gasteiger charge is 2.47. The van der Waals surface area contributed by atoms with Gasteiger partial charge in [0.25, 0.3) is 17.7 Å². The first-order valence-corrected chi connectivity index (χ1v) is 20.6. The van der Waals surface area contributed by atoms with Crippen LogP contribution in [-0.2, 0) is 22.7 Å². The van der Waals surface area contributed by atoms with Crippen LogP contribution >= 0.6 is 11.6 Å². The number of carbonyl (C=O) groups is 5. The van der Waals surface area contributed by atoms with Crippen LogP contribution in [0.15, 0.2) is 54.6 Å². The fourth-order valence-electron chi connectivity index (χ4n) is 10.3. The topological polar surface area (TPSA) is 137 Å². The number of rotatable bonds is 6. The Morgan fingerprint density at radius 1 is 0.897 bits per heavy atom. The smallest absolute Gasteiger partial charge is 0.262 e. The van der Waals surface area contributed by atoms with E-state index < -0.39 is 35.3 Å². The predicted molar refractivity (Wildman–Crippen MR) is 214 cm³/mol. The van der Waals surface area contributed by atoms with Crippen molar-refractivity contribution in [2.24, 2.45) is 5.41 Å². The molecule has 3 aromatic rings. The van der Waals surface area contributed by atoms with Crippen LogP contribution in [0.25, 0.3) is 0 Å². The molecular weight excluding hydrogens is 761 g/mol. The Balaban J connectivity index is 0.759. The van der Waals surface area contributed by atoms with Crippen LogP contribution < -0.4 is 15.1 Å². The van der Waals surface area contributed by atoms with E-state index in [1.165, 1.54) is 0 Å². The Morgan fingerprint density at radius 2 is 1.53 bits per heavy atom. The quantitative estimate of drug-likeness (QED) is 0.322. The van der Waals surface area contributed by atoms with Crippen LogP contribution in [0.2, 0.25) is 5.02 Å². The van der Waals surface area contributed by atoms with Gasteiger partial charge in [-0.2, -0.15) is 5.26 Å². The van der Waals surface area contributed by atoms with Crippen LogP contribution in [0.1, 0.15) is 99.6 Å². The van der Waals surface area contributed by atoms with Crippen molar-refractivity contribution in [3.05, 3.63) is 93.0 Å². The van der Waals surface area contributed by atoms with E-state index in [0.29, 0.717) is 48.4 Å². The third-order valence-corrected chi connectivity index (χ3v) is 13.8. The van der Waals surface area contributed by atoms with Crippen molar-refractivity contribution in [1.82, 2.24) is 20.0 Å². The zero-order chi connectivity index (χ0) is 40.5. The highest BCUT2D eigenvalue weighted by Crippen LogP contribution is 2.46. The Bertz CT molecular complexity index is 2230. The van der Waals surface area contributed by atoms with Gasteiger partial charge < -0.3 is 14.7 Å². The molecule has 0 aromatic heterocycles. The Labute approximate surface area is 341 Å². The van der Waals surface area contributed by atoms with Crippen molar-refractivity contribution in [3.63, 3.8) is 0 Å². The molecule has 0 bridgehead atoms. The lowest BCUT2D eigenvalue weighted by molar-refractivity contribution is -0.136. The summed E-state index contributed by atoms with van der Waals surface area (Å²) in [7, 11) is 0. The van der Waals surface area contributed by atoms with E-state index >= 15 is 4.39 Å². The van der Waals surface area contributed by atoms with Crippen molar-refractivity contribution in [2.75, 3.05) is 49.1 Å². The number of piperidine rings is 3. The number of hydrogen-bond acceptors (Lipinski definition) is 9. The minimum absolute atomic E-state index is 0.0560. The van der Waals surface area contributed by atoms with Crippen LogP contribution in [0.4, 0.5) is 15.8 Å². The molecule has 2 atom stereocenters. The van der Waals surface area contributed by atoms with Gasteiger partial charge >= 0.3 is 0 Å². The number of benzene rings is 3. The lowest BCUT2D eigenvalue weighted by Gasteiger charge is -2.40. The molecule has 14 heteroatoms. The van der Waals surface area contributed by atoms with Crippen molar-refractivity contribution in [3.8, 4) is 6.07 Å². The van der Waals surface area contributed by atoms with E-state index in [4.69, 9.17) is 11.6 Å². The van der Waals surface area contributed by atoms with Gasteiger partial charge in [0.05, 0.1) is 21.7 Å². The average Bonchev–Trinajstić information content (AvgIpc) is 3.83. The first-order valence-electron chi connectivity index (χ1n) is 20.2. The number of nitrogens with zero attached hydrogens (tertiary/aromatic N) is 6. The molecule has 5 amide bonds. The van der Waals surface area contributed by atoms with Gasteiger partial charge in [-0.05, 0) is 104 Å². The van der Waals surface area contributed by atoms with Gasteiger partial charge in [0.2, 0.25) is 11.8 Å². The fraction of sp³-hybridized carbons (Fsp3) is 0.455. The maximum Gasteiger partial charge on any atom is 0.262 e. The standard InChI is InChI=1S/C44H45ClFN7O5/c1-27-21-43(25-52(27)33-7-4-29(22-47)36(45)20-33)10-14-50(15-11-43)32-5-2-28(3-6-32)40(56)51-16-12-44(46,13-17-51)26-49-23-30-18-34-35(19-31(30)24-49)42(58)53(41(34)57)37-8-9-38(54)48-39(37)55/h2-7,18-20,27,37H,8-17,21,23-26H2,1H3,(H,48,54,55)/t27-,37?/m0/s1. The van der Waals surface area contributed by atoms with E-state index in [1.807, 2.05) is 41.3 Å². The van der Waals surface area contributed by atoms with Gasteiger partial charge in [-0.3, -0.25) is 39.1 Å². The van der Waals surface area contributed by atoms with E-state index in [2.05, 4.69) is 28.1 Å². The third-order valence-electron chi connectivity index (χ3n) is 13.5. The average molecular weight is 806 g/mol. The lowest BCUT2D eigenvalue weighted by atomic mass is 9.76. The number of halogens is 2. The first kappa shape index (κ1) is 38.2. The summed E-state index contributed by atoms with van der Waals surface area (Å²) in [6.07, 6.45) is 3.80. The number of amides is 5. The molecule has 0 saturated carbocycles. The van der Waals surface area contributed by atoms with Crippen molar-refractivity contribution < 1.29 is 28.4 Å². The summed E-state index contributed by atoms with van der Waals surface area (Å²) in [5.74, 6) is -2.27. The molecule has 1 spiro atoms. The number of nitrogens with one attached hydrogen (secondary N) is 1. The summed E-state index contributed by atoms with van der Waals surface area (Å²) >= 11 is 6.37. The van der Waals surface area contributed by atoms with E-state index in [0.717, 1.165) is 66.3 Å². The molecule has 3 aromatic carbocycles. The van der Waals surface area contributed by atoms with Crippen molar-refractivity contribution in [1.29, 1.82) is 5.26 Å². The third kappa shape index (κ3) is 6.79. The highest BCUT2D eigenvalue weighted by molar-refractivity contribution is 6.32. The lowest BCUT2D eigenvalue weighted by Crippen LogP contribution is -2.54. The minimum Gasteiger partial charge on any atom is -0.371 e. The molecule has 4 fully saturated rings. The SMILES string of the molecule is C[C@H]1CC2(CCN(c3ccc(C(=O)N4CCC(F)(CN5Cc6cc7c(cc6C5)C(=O)N(C5CCC(=O)NC5=O)C7=O)CC4)cc3)CC2)CN1c1ccc(C#N)c(Cl)c1. The zero-order valence-corrected chi connectivity index (χ0v) is 33.2. The van der Waals surface area contributed by atoms with Gasteiger partial charge in [-0.15, -0.1) is 0 Å². The second kappa shape index (κ2) is 14.5. The van der Waals surface area contributed by atoms with E-state index in [-0.39, 0.29) is 54.7 Å².